The zero-order chi connectivity index (χ0) is 32.6. The van der Waals surface area contributed by atoms with Crippen LogP contribution in [0, 0.1) is 6.92 Å². The summed E-state index contributed by atoms with van der Waals surface area (Å²) >= 11 is 0. The number of rotatable bonds is 20. The largest absolute Gasteiger partial charge is 0.492 e. The van der Waals surface area contributed by atoms with Crippen molar-refractivity contribution in [3.05, 3.63) is 102 Å². The predicted molar refractivity (Wildman–Crippen MR) is 199 cm³/mol. The van der Waals surface area contributed by atoms with E-state index >= 15 is 0 Å². The van der Waals surface area contributed by atoms with Gasteiger partial charge in [-0.05, 0) is 6.92 Å². The maximum Gasteiger partial charge on any atom is 0.207 e. The van der Waals surface area contributed by atoms with Crippen LogP contribution in [0.4, 0.5) is 0 Å². The smallest absolute Gasteiger partial charge is 0.207 e. The van der Waals surface area contributed by atoms with Gasteiger partial charge < -0.3 is 18.9 Å². The fraction of sp³-hybridized carbons (Fsp3) is 0.415. The standard InChI is InChI=1S/C41H55O4P/c1-33-37(39(43-3)41(45-5)40(44-4)38(33)42-2)31-23-12-10-8-6-7-9-11-13-24-32-46(34-25-17-14-18-26-34,35-27-19-15-20-28-35)36-29-21-16-22-30-36/h14-22,25-30,46H,6-13,23-24,31-32H2,1-5H3. The van der Waals surface area contributed by atoms with Crippen LogP contribution in [0.3, 0.4) is 0 Å². The van der Waals surface area contributed by atoms with E-state index in [1.807, 2.05) is 0 Å². The monoisotopic (exact) mass is 642 g/mol. The molecule has 0 atom stereocenters. The molecule has 0 fully saturated rings. The number of hydrogen-bond donors (Lipinski definition) is 0. The molecule has 0 heterocycles. The third-order valence-corrected chi connectivity index (χ3v) is 14.6. The molecule has 46 heavy (non-hydrogen) atoms. The van der Waals surface area contributed by atoms with Crippen molar-refractivity contribution < 1.29 is 18.9 Å². The summed E-state index contributed by atoms with van der Waals surface area (Å²) in [5.74, 6) is 2.68. The maximum absolute atomic E-state index is 5.77. The van der Waals surface area contributed by atoms with E-state index in [9.17, 15) is 0 Å². The van der Waals surface area contributed by atoms with Crippen molar-refractivity contribution in [2.45, 2.75) is 77.6 Å². The Morgan fingerprint density at radius 2 is 0.761 bits per heavy atom. The second kappa shape index (κ2) is 18.6. The quantitative estimate of drug-likeness (QED) is 0.0712. The molecule has 5 heteroatoms. The van der Waals surface area contributed by atoms with E-state index in [0.717, 1.165) is 35.5 Å². The number of ether oxygens (including phenoxy) is 4. The van der Waals surface area contributed by atoms with Crippen LogP contribution in [0.15, 0.2) is 91.0 Å². The molecule has 0 saturated heterocycles. The Morgan fingerprint density at radius 3 is 1.15 bits per heavy atom. The van der Waals surface area contributed by atoms with Crippen LogP contribution in [-0.2, 0) is 6.42 Å². The van der Waals surface area contributed by atoms with Gasteiger partial charge in [0.25, 0.3) is 0 Å². The van der Waals surface area contributed by atoms with Crippen LogP contribution in [0.2, 0.25) is 0 Å². The molecule has 0 saturated carbocycles. The van der Waals surface area contributed by atoms with Crippen LogP contribution in [0.25, 0.3) is 0 Å². The molecule has 0 aliphatic carbocycles. The normalized spacial score (nSPS) is 11.7. The van der Waals surface area contributed by atoms with Gasteiger partial charge >= 0.3 is 191 Å². The van der Waals surface area contributed by atoms with Gasteiger partial charge in [0.1, 0.15) is 0 Å². The fourth-order valence-electron chi connectivity index (χ4n) is 7.16. The van der Waals surface area contributed by atoms with Crippen molar-refractivity contribution in [1.82, 2.24) is 0 Å². The van der Waals surface area contributed by atoms with Crippen LogP contribution in [0.5, 0.6) is 23.0 Å². The Labute approximate surface area is 278 Å². The average molecular weight is 643 g/mol. The van der Waals surface area contributed by atoms with Gasteiger partial charge in [0.05, 0.1) is 28.4 Å². The second-order valence-corrected chi connectivity index (χ2v) is 16.3. The second-order valence-electron chi connectivity index (χ2n) is 12.3. The molecule has 0 aliphatic heterocycles. The van der Waals surface area contributed by atoms with Crippen molar-refractivity contribution in [3.63, 3.8) is 0 Å². The molecule has 0 spiro atoms. The van der Waals surface area contributed by atoms with E-state index in [1.54, 1.807) is 28.4 Å². The molecule has 0 radical (unpaired) electrons. The minimum Gasteiger partial charge on any atom is -0.492 e. The minimum absolute atomic E-state index is 0.591. The van der Waals surface area contributed by atoms with Gasteiger partial charge in [-0.25, -0.2) is 0 Å². The summed E-state index contributed by atoms with van der Waals surface area (Å²) in [6.07, 6.45) is 15.0. The Hall–Kier alpha value is -3.49. The van der Waals surface area contributed by atoms with E-state index in [0.29, 0.717) is 11.5 Å². The predicted octanol–water partition coefficient (Wildman–Crippen LogP) is 9.20. The Bertz CT molecular complexity index is 1340. The van der Waals surface area contributed by atoms with Gasteiger partial charge in [-0.2, -0.15) is 0 Å². The summed E-state index contributed by atoms with van der Waals surface area (Å²) in [5, 5.41) is 4.56. The molecule has 0 unspecified atom stereocenters. The third-order valence-electron chi connectivity index (χ3n) is 9.53. The van der Waals surface area contributed by atoms with E-state index in [-0.39, 0.29) is 0 Å². The summed E-state index contributed by atoms with van der Waals surface area (Å²) in [4.78, 5) is 0. The summed E-state index contributed by atoms with van der Waals surface area (Å²) < 4.78 is 22.7. The summed E-state index contributed by atoms with van der Waals surface area (Å²) in [5.41, 5.74) is 2.21. The Morgan fingerprint density at radius 1 is 0.413 bits per heavy atom. The van der Waals surface area contributed by atoms with E-state index in [1.165, 1.54) is 79.9 Å². The third kappa shape index (κ3) is 8.45. The first-order valence-corrected chi connectivity index (χ1v) is 19.3. The zero-order valence-corrected chi connectivity index (χ0v) is 29.8. The molecular formula is C41H55O4P. The number of hydrogen-bond acceptors (Lipinski definition) is 4. The van der Waals surface area contributed by atoms with Crippen LogP contribution in [0.1, 0.15) is 75.3 Å². The van der Waals surface area contributed by atoms with Crippen molar-refractivity contribution in [2.75, 3.05) is 34.6 Å². The van der Waals surface area contributed by atoms with E-state index in [4.69, 9.17) is 18.9 Å². The first-order chi connectivity index (χ1) is 22.6. The molecule has 0 N–H and O–H groups in total. The van der Waals surface area contributed by atoms with Crippen LogP contribution < -0.4 is 34.9 Å². The first kappa shape index (κ1) is 35.4. The minimum atomic E-state index is -2.10. The molecule has 0 aromatic heterocycles. The Kier molecular flexibility index (Phi) is 14.3. The van der Waals surface area contributed by atoms with Crippen molar-refractivity contribution >= 4 is 23.2 Å². The van der Waals surface area contributed by atoms with Gasteiger partial charge in [-0.3, -0.25) is 0 Å². The summed E-state index contributed by atoms with van der Waals surface area (Å²) in [7, 11) is 4.56. The summed E-state index contributed by atoms with van der Waals surface area (Å²) in [6, 6.07) is 34.0. The van der Waals surface area contributed by atoms with Crippen LogP contribution >= 0.6 is 7.26 Å². The van der Waals surface area contributed by atoms with Crippen molar-refractivity contribution in [3.8, 4) is 23.0 Å². The fourth-order valence-corrected chi connectivity index (χ4v) is 12.1. The van der Waals surface area contributed by atoms with Gasteiger partial charge in [0, 0.05) is 11.1 Å². The SMILES string of the molecule is COc1c(C)c(CCCCCCCCCCCC[PH](c2ccccc2)(c2ccccc2)c2ccccc2)c(OC)c(OC)c1OC. The molecule has 0 aliphatic rings. The van der Waals surface area contributed by atoms with Crippen LogP contribution in [-0.4, -0.2) is 34.6 Å². The number of benzene rings is 4. The molecule has 4 aromatic carbocycles. The maximum atomic E-state index is 5.77. The van der Waals surface area contributed by atoms with Crippen molar-refractivity contribution in [1.29, 1.82) is 0 Å². The number of methoxy groups -OCH3 is 4. The van der Waals surface area contributed by atoms with E-state index < -0.39 is 7.26 Å². The molecule has 0 bridgehead atoms. The van der Waals surface area contributed by atoms with E-state index in [2.05, 4.69) is 97.9 Å². The first-order valence-electron chi connectivity index (χ1n) is 17.1. The van der Waals surface area contributed by atoms with Gasteiger partial charge in [0.15, 0.2) is 11.5 Å². The molecular weight excluding hydrogens is 587 g/mol. The molecule has 4 rings (SSSR count). The Balaban J connectivity index is 1.22. The van der Waals surface area contributed by atoms with Gasteiger partial charge in [-0.1, -0.05) is 0 Å². The zero-order valence-electron chi connectivity index (χ0n) is 28.8. The molecule has 248 valence electrons. The molecule has 0 amide bonds. The average Bonchev–Trinajstić information content (AvgIpc) is 3.11. The number of unbranched alkanes of at least 4 members (excludes halogenated alkanes) is 9. The van der Waals surface area contributed by atoms with Crippen molar-refractivity contribution in [2.24, 2.45) is 0 Å². The molecule has 4 aromatic rings. The summed E-state index contributed by atoms with van der Waals surface area (Å²) in [6.45, 7) is 2.08. The van der Waals surface area contributed by atoms with Gasteiger partial charge in [0.2, 0.25) is 11.5 Å². The van der Waals surface area contributed by atoms with Gasteiger partial charge in [-0.15, -0.1) is 0 Å². The topological polar surface area (TPSA) is 36.9 Å². The molecule has 4 nitrogen and oxygen atoms in total.